The number of nitrogens with two attached hydrogens (primary N) is 1. The third-order valence-corrected chi connectivity index (χ3v) is 3.42. The second-order valence-corrected chi connectivity index (χ2v) is 4.49. The summed E-state index contributed by atoms with van der Waals surface area (Å²) in [6.45, 7) is 0.422. The van der Waals surface area contributed by atoms with E-state index in [0.717, 1.165) is 22.0 Å². The molecule has 2 aromatic heterocycles. The number of hydrogen-bond donors (Lipinski definition) is 1. The molecule has 0 saturated carbocycles. The first-order valence-corrected chi connectivity index (χ1v) is 5.83. The molecule has 0 spiro atoms. The van der Waals surface area contributed by atoms with Crippen LogP contribution in [0.3, 0.4) is 0 Å². The van der Waals surface area contributed by atoms with E-state index in [4.69, 9.17) is 10.2 Å². The van der Waals surface area contributed by atoms with Gasteiger partial charge in [-0.3, -0.25) is 0 Å². The maximum atomic E-state index is 5.57. The van der Waals surface area contributed by atoms with Gasteiger partial charge in [0, 0.05) is 0 Å². The maximum Gasteiger partial charge on any atom is 0.163 e. The number of thiazole rings is 1. The summed E-state index contributed by atoms with van der Waals surface area (Å²) in [5.41, 5.74) is 6.51. The van der Waals surface area contributed by atoms with Crippen LogP contribution in [0.1, 0.15) is 5.76 Å². The van der Waals surface area contributed by atoms with Crippen LogP contribution >= 0.6 is 11.3 Å². The molecular weight excluding hydrogens is 220 g/mol. The number of nitrogens with zero attached hydrogens (tertiary/aromatic N) is 1. The first kappa shape index (κ1) is 9.57. The average Bonchev–Trinajstić information content (AvgIpc) is 2.95. The van der Waals surface area contributed by atoms with Crippen LogP contribution < -0.4 is 5.73 Å². The molecule has 0 aliphatic rings. The molecule has 16 heavy (non-hydrogen) atoms. The van der Waals surface area contributed by atoms with Crippen LogP contribution in [0.5, 0.6) is 0 Å². The lowest BCUT2D eigenvalue weighted by Crippen LogP contribution is -1.92. The van der Waals surface area contributed by atoms with E-state index in [9.17, 15) is 0 Å². The Labute approximate surface area is 96.5 Å². The molecule has 3 rings (SSSR count). The molecular formula is C12H10N2OS. The van der Waals surface area contributed by atoms with Crippen molar-refractivity contribution in [2.24, 2.45) is 5.73 Å². The second kappa shape index (κ2) is 3.73. The average molecular weight is 230 g/mol. The molecule has 0 saturated heterocycles. The van der Waals surface area contributed by atoms with Crippen molar-refractivity contribution in [2.45, 2.75) is 6.54 Å². The maximum absolute atomic E-state index is 5.57. The van der Waals surface area contributed by atoms with E-state index >= 15 is 0 Å². The van der Waals surface area contributed by atoms with Gasteiger partial charge in [-0.1, -0.05) is 12.1 Å². The lowest BCUT2D eigenvalue weighted by Gasteiger charge is -1.88. The van der Waals surface area contributed by atoms with Crippen LogP contribution in [0.15, 0.2) is 40.8 Å². The Morgan fingerprint density at radius 3 is 2.81 bits per heavy atom. The third-order valence-electron chi connectivity index (χ3n) is 2.37. The highest BCUT2D eigenvalue weighted by molar-refractivity contribution is 7.21. The fourth-order valence-electron chi connectivity index (χ4n) is 1.58. The molecule has 0 unspecified atom stereocenters. The molecule has 0 aliphatic carbocycles. The Hall–Kier alpha value is -1.65. The van der Waals surface area contributed by atoms with E-state index in [0.29, 0.717) is 6.54 Å². The number of benzene rings is 1. The van der Waals surface area contributed by atoms with Crippen LogP contribution in [0.2, 0.25) is 0 Å². The van der Waals surface area contributed by atoms with Crippen molar-refractivity contribution in [3.63, 3.8) is 0 Å². The zero-order valence-corrected chi connectivity index (χ0v) is 9.33. The standard InChI is InChI=1S/C12H10N2OS/c13-7-8-5-6-10(15-8)12-14-9-3-1-2-4-11(9)16-12/h1-6H,7,13H2. The van der Waals surface area contributed by atoms with Crippen LogP contribution in [-0.4, -0.2) is 4.98 Å². The first-order valence-electron chi connectivity index (χ1n) is 5.01. The molecule has 0 bridgehead atoms. The largest absolute Gasteiger partial charge is 0.457 e. The summed E-state index contributed by atoms with van der Waals surface area (Å²) in [6.07, 6.45) is 0. The minimum absolute atomic E-state index is 0.422. The first-order chi connectivity index (χ1) is 7.86. The van der Waals surface area contributed by atoms with Crippen LogP contribution in [0.25, 0.3) is 21.0 Å². The predicted molar refractivity (Wildman–Crippen MR) is 65.2 cm³/mol. The smallest absolute Gasteiger partial charge is 0.163 e. The van der Waals surface area contributed by atoms with Gasteiger partial charge in [0.2, 0.25) is 0 Å². The molecule has 0 radical (unpaired) electrons. The highest BCUT2D eigenvalue weighted by atomic mass is 32.1. The third kappa shape index (κ3) is 1.52. The SMILES string of the molecule is NCc1ccc(-c2nc3ccccc3s2)o1. The molecule has 0 atom stereocenters. The van der Waals surface area contributed by atoms with Gasteiger partial charge in [-0.15, -0.1) is 11.3 Å². The van der Waals surface area contributed by atoms with Crippen molar-refractivity contribution < 1.29 is 4.42 Å². The lowest BCUT2D eigenvalue weighted by molar-refractivity contribution is 0.525. The Kier molecular flexibility index (Phi) is 2.23. The van der Waals surface area contributed by atoms with Gasteiger partial charge >= 0.3 is 0 Å². The number of para-hydroxylation sites is 1. The Morgan fingerprint density at radius 2 is 2.06 bits per heavy atom. The zero-order chi connectivity index (χ0) is 11.0. The summed E-state index contributed by atoms with van der Waals surface area (Å²) in [7, 11) is 0. The second-order valence-electron chi connectivity index (χ2n) is 3.46. The van der Waals surface area contributed by atoms with Gasteiger partial charge in [-0.25, -0.2) is 4.98 Å². The quantitative estimate of drug-likeness (QED) is 0.736. The highest BCUT2D eigenvalue weighted by Gasteiger charge is 2.09. The molecule has 3 aromatic rings. The number of hydrogen-bond acceptors (Lipinski definition) is 4. The van der Waals surface area contributed by atoms with Crippen molar-refractivity contribution in [2.75, 3.05) is 0 Å². The van der Waals surface area contributed by atoms with Gasteiger partial charge in [0.05, 0.1) is 16.8 Å². The summed E-state index contributed by atoms with van der Waals surface area (Å²) < 4.78 is 6.74. The summed E-state index contributed by atoms with van der Waals surface area (Å²) in [6, 6.07) is 11.9. The van der Waals surface area contributed by atoms with E-state index in [1.54, 1.807) is 11.3 Å². The normalized spacial score (nSPS) is 11.1. The van der Waals surface area contributed by atoms with Crippen molar-refractivity contribution in [1.82, 2.24) is 4.98 Å². The number of rotatable bonds is 2. The van der Waals surface area contributed by atoms with Gasteiger partial charge in [-0.05, 0) is 24.3 Å². The fourth-order valence-corrected chi connectivity index (χ4v) is 2.51. The molecule has 80 valence electrons. The van der Waals surface area contributed by atoms with Crippen molar-refractivity contribution >= 4 is 21.6 Å². The van der Waals surface area contributed by atoms with Crippen LogP contribution in [-0.2, 0) is 6.54 Å². The van der Waals surface area contributed by atoms with Gasteiger partial charge < -0.3 is 10.2 Å². The Bertz CT molecular complexity index is 594. The highest BCUT2D eigenvalue weighted by Crippen LogP contribution is 2.30. The molecule has 2 N–H and O–H groups in total. The molecule has 0 amide bonds. The van der Waals surface area contributed by atoms with Crippen molar-refractivity contribution in [3.8, 4) is 10.8 Å². The molecule has 0 fully saturated rings. The molecule has 4 heteroatoms. The fraction of sp³-hybridized carbons (Fsp3) is 0.0833. The number of aromatic nitrogens is 1. The van der Waals surface area contributed by atoms with E-state index in [-0.39, 0.29) is 0 Å². The summed E-state index contributed by atoms with van der Waals surface area (Å²) in [5, 5.41) is 0.904. The molecule has 1 aromatic carbocycles. The van der Waals surface area contributed by atoms with E-state index < -0.39 is 0 Å². The molecule has 3 nitrogen and oxygen atoms in total. The van der Waals surface area contributed by atoms with Gasteiger partial charge in [-0.2, -0.15) is 0 Å². The summed E-state index contributed by atoms with van der Waals surface area (Å²) in [4.78, 5) is 4.51. The Morgan fingerprint density at radius 1 is 1.19 bits per heavy atom. The zero-order valence-electron chi connectivity index (χ0n) is 8.51. The van der Waals surface area contributed by atoms with Gasteiger partial charge in [0.15, 0.2) is 10.8 Å². The topological polar surface area (TPSA) is 52.0 Å². The van der Waals surface area contributed by atoms with Crippen molar-refractivity contribution in [3.05, 3.63) is 42.2 Å². The molecule has 2 heterocycles. The van der Waals surface area contributed by atoms with E-state index in [1.165, 1.54) is 4.70 Å². The van der Waals surface area contributed by atoms with Crippen molar-refractivity contribution in [1.29, 1.82) is 0 Å². The molecule has 0 aliphatic heterocycles. The lowest BCUT2D eigenvalue weighted by atomic mass is 10.3. The van der Waals surface area contributed by atoms with Gasteiger partial charge in [0.1, 0.15) is 5.76 Å². The number of furan rings is 1. The minimum atomic E-state index is 0.422. The van der Waals surface area contributed by atoms with E-state index in [1.807, 2.05) is 30.3 Å². The predicted octanol–water partition coefficient (Wildman–Crippen LogP) is 3.02. The van der Waals surface area contributed by atoms with Gasteiger partial charge in [0.25, 0.3) is 0 Å². The van der Waals surface area contributed by atoms with Crippen LogP contribution in [0.4, 0.5) is 0 Å². The summed E-state index contributed by atoms with van der Waals surface area (Å²) in [5.74, 6) is 1.58. The van der Waals surface area contributed by atoms with E-state index in [2.05, 4.69) is 11.1 Å². The summed E-state index contributed by atoms with van der Waals surface area (Å²) >= 11 is 1.63. The monoisotopic (exact) mass is 230 g/mol. The minimum Gasteiger partial charge on any atom is -0.457 e. The van der Waals surface area contributed by atoms with Crippen LogP contribution in [0, 0.1) is 0 Å². The Balaban J connectivity index is 2.11. The number of fused-ring (bicyclic) bond motifs is 1.